The number of para-hydroxylation sites is 2. The number of rotatable bonds is 6. The monoisotopic (exact) mass is 349 g/mol. The molecule has 0 aliphatic carbocycles. The van der Waals surface area contributed by atoms with E-state index in [9.17, 15) is 4.79 Å². The second-order valence-corrected chi connectivity index (χ2v) is 6.43. The van der Waals surface area contributed by atoms with Crippen LogP contribution >= 0.6 is 0 Å². The highest BCUT2D eigenvalue weighted by molar-refractivity contribution is 5.94. The van der Waals surface area contributed by atoms with E-state index in [1.165, 1.54) is 0 Å². The van der Waals surface area contributed by atoms with E-state index in [2.05, 4.69) is 16.5 Å². The Morgan fingerprint density at radius 1 is 1.23 bits per heavy atom. The molecule has 3 aromatic rings. The number of ether oxygens (including phenoxy) is 1. The van der Waals surface area contributed by atoms with Gasteiger partial charge in [0.25, 0.3) is 5.91 Å². The molecule has 1 aromatic heterocycles. The molecule has 0 bridgehead atoms. The van der Waals surface area contributed by atoms with Crippen LogP contribution in [0.15, 0.2) is 60.7 Å². The van der Waals surface area contributed by atoms with Crippen LogP contribution in [-0.2, 0) is 6.54 Å². The Bertz CT molecular complexity index is 942. The van der Waals surface area contributed by atoms with Crippen molar-refractivity contribution in [2.75, 3.05) is 7.11 Å². The van der Waals surface area contributed by atoms with Gasteiger partial charge in [-0.15, -0.1) is 0 Å². The Kier molecular flexibility index (Phi) is 5.07. The second kappa shape index (κ2) is 7.44. The minimum absolute atomic E-state index is 0.144. The third kappa shape index (κ3) is 3.61. The number of hydrogen-bond acceptors (Lipinski definition) is 3. The standard InChI is InChI=1S/C21H23N3O2/c1-14(2)13-24-19-8-6-5-7-18(19)23-20(24)15(3)22-21(25)16-9-11-17(26-4)12-10-16/h5-12,15H,1,13H2,2-4H3,(H,22,25). The maximum absolute atomic E-state index is 12.6. The number of amides is 1. The third-order valence-electron chi connectivity index (χ3n) is 4.20. The number of fused-ring (bicyclic) bond motifs is 1. The zero-order valence-electron chi connectivity index (χ0n) is 15.3. The van der Waals surface area contributed by atoms with Crippen molar-refractivity contribution < 1.29 is 9.53 Å². The molecule has 1 heterocycles. The van der Waals surface area contributed by atoms with Crippen molar-refractivity contribution in [2.24, 2.45) is 0 Å². The SMILES string of the molecule is C=C(C)Cn1c(C(C)NC(=O)c2ccc(OC)cc2)nc2ccccc21. The smallest absolute Gasteiger partial charge is 0.251 e. The van der Waals surface area contributed by atoms with Gasteiger partial charge in [-0.1, -0.05) is 24.3 Å². The molecule has 5 heteroatoms. The average molecular weight is 349 g/mol. The molecule has 2 aromatic carbocycles. The number of nitrogens with zero attached hydrogens (tertiary/aromatic N) is 2. The van der Waals surface area contributed by atoms with Crippen molar-refractivity contribution in [2.45, 2.75) is 26.4 Å². The van der Waals surface area contributed by atoms with Gasteiger partial charge in [-0.25, -0.2) is 4.98 Å². The minimum atomic E-state index is -0.239. The van der Waals surface area contributed by atoms with Crippen molar-refractivity contribution in [3.63, 3.8) is 0 Å². The number of imidazole rings is 1. The molecule has 0 saturated carbocycles. The maximum atomic E-state index is 12.6. The summed E-state index contributed by atoms with van der Waals surface area (Å²) in [6.45, 7) is 8.61. The van der Waals surface area contributed by atoms with Crippen LogP contribution in [-0.4, -0.2) is 22.6 Å². The van der Waals surface area contributed by atoms with E-state index in [0.717, 1.165) is 28.2 Å². The lowest BCUT2D eigenvalue weighted by Crippen LogP contribution is -2.28. The normalized spacial score (nSPS) is 12.0. The van der Waals surface area contributed by atoms with Crippen molar-refractivity contribution >= 4 is 16.9 Å². The van der Waals surface area contributed by atoms with Gasteiger partial charge in [0.05, 0.1) is 24.2 Å². The first-order valence-corrected chi connectivity index (χ1v) is 8.54. The fourth-order valence-corrected chi connectivity index (χ4v) is 2.95. The van der Waals surface area contributed by atoms with Gasteiger partial charge in [0.2, 0.25) is 0 Å². The number of carbonyl (C=O) groups is 1. The minimum Gasteiger partial charge on any atom is -0.497 e. The molecular weight excluding hydrogens is 326 g/mol. The van der Waals surface area contributed by atoms with E-state index in [1.807, 2.05) is 38.1 Å². The third-order valence-corrected chi connectivity index (χ3v) is 4.20. The molecule has 1 atom stereocenters. The van der Waals surface area contributed by atoms with Crippen molar-refractivity contribution in [1.29, 1.82) is 0 Å². The first kappa shape index (κ1) is 17.7. The first-order valence-electron chi connectivity index (χ1n) is 8.54. The highest BCUT2D eigenvalue weighted by Gasteiger charge is 2.19. The summed E-state index contributed by atoms with van der Waals surface area (Å²) in [6, 6.07) is 14.8. The van der Waals surface area contributed by atoms with E-state index in [-0.39, 0.29) is 11.9 Å². The lowest BCUT2D eigenvalue weighted by molar-refractivity contribution is 0.0937. The van der Waals surface area contributed by atoms with Crippen LogP contribution in [0.1, 0.15) is 36.1 Å². The van der Waals surface area contributed by atoms with Gasteiger partial charge in [-0.2, -0.15) is 0 Å². The molecule has 1 N–H and O–H groups in total. The zero-order valence-corrected chi connectivity index (χ0v) is 15.3. The summed E-state index contributed by atoms with van der Waals surface area (Å²) in [5.74, 6) is 1.39. The average Bonchev–Trinajstić information content (AvgIpc) is 3.00. The Morgan fingerprint density at radius 3 is 2.58 bits per heavy atom. The number of aromatic nitrogens is 2. The summed E-state index contributed by atoms with van der Waals surface area (Å²) in [7, 11) is 1.60. The largest absolute Gasteiger partial charge is 0.497 e. The lowest BCUT2D eigenvalue weighted by Gasteiger charge is -2.16. The van der Waals surface area contributed by atoms with Crippen LogP contribution in [0.2, 0.25) is 0 Å². The summed E-state index contributed by atoms with van der Waals surface area (Å²) in [5, 5.41) is 3.03. The number of allylic oxidation sites excluding steroid dienone is 1. The molecule has 1 unspecified atom stereocenters. The number of methoxy groups -OCH3 is 1. The molecule has 134 valence electrons. The summed E-state index contributed by atoms with van der Waals surface area (Å²) in [4.78, 5) is 17.3. The summed E-state index contributed by atoms with van der Waals surface area (Å²) < 4.78 is 7.24. The van der Waals surface area contributed by atoms with Gasteiger partial charge in [-0.3, -0.25) is 4.79 Å². The van der Waals surface area contributed by atoms with E-state index in [4.69, 9.17) is 9.72 Å². The van der Waals surface area contributed by atoms with Gasteiger partial charge < -0.3 is 14.6 Å². The van der Waals surface area contributed by atoms with Crippen molar-refractivity contribution in [1.82, 2.24) is 14.9 Å². The highest BCUT2D eigenvalue weighted by Crippen LogP contribution is 2.22. The summed E-state index contributed by atoms with van der Waals surface area (Å²) in [5.41, 5.74) is 3.56. The number of hydrogen-bond donors (Lipinski definition) is 1. The first-order chi connectivity index (χ1) is 12.5. The van der Waals surface area contributed by atoms with Crippen LogP contribution < -0.4 is 10.1 Å². The molecule has 0 saturated heterocycles. The molecular formula is C21H23N3O2. The summed E-state index contributed by atoms with van der Waals surface area (Å²) >= 11 is 0. The fourth-order valence-electron chi connectivity index (χ4n) is 2.95. The Morgan fingerprint density at radius 2 is 1.92 bits per heavy atom. The van der Waals surface area contributed by atoms with E-state index >= 15 is 0 Å². The van der Waals surface area contributed by atoms with E-state index in [1.54, 1.807) is 31.4 Å². The van der Waals surface area contributed by atoms with Gasteiger partial charge in [0.15, 0.2) is 0 Å². The van der Waals surface area contributed by atoms with Crippen LogP contribution in [0, 0.1) is 0 Å². The second-order valence-electron chi connectivity index (χ2n) is 6.43. The van der Waals surface area contributed by atoms with Gasteiger partial charge in [-0.05, 0) is 50.2 Å². The van der Waals surface area contributed by atoms with Crippen molar-refractivity contribution in [3.05, 3.63) is 72.1 Å². The van der Waals surface area contributed by atoms with Crippen molar-refractivity contribution in [3.8, 4) is 5.75 Å². The Labute approximate surface area is 153 Å². The van der Waals surface area contributed by atoms with Crippen LogP contribution in [0.5, 0.6) is 5.75 Å². The number of carbonyl (C=O) groups excluding carboxylic acids is 1. The molecule has 0 radical (unpaired) electrons. The zero-order chi connectivity index (χ0) is 18.7. The van der Waals surface area contributed by atoms with Gasteiger partial charge >= 0.3 is 0 Å². The predicted molar refractivity (Wildman–Crippen MR) is 103 cm³/mol. The summed E-state index contributed by atoms with van der Waals surface area (Å²) in [6.07, 6.45) is 0. The Hall–Kier alpha value is -3.08. The lowest BCUT2D eigenvalue weighted by atomic mass is 10.2. The predicted octanol–water partition coefficient (Wildman–Crippen LogP) is 4.11. The molecule has 0 spiro atoms. The topological polar surface area (TPSA) is 56.2 Å². The van der Waals surface area contributed by atoms with Crippen LogP contribution in [0.25, 0.3) is 11.0 Å². The van der Waals surface area contributed by atoms with Gasteiger partial charge in [0.1, 0.15) is 11.6 Å². The van der Waals surface area contributed by atoms with Gasteiger partial charge in [0, 0.05) is 12.1 Å². The fraction of sp³-hybridized carbons (Fsp3) is 0.238. The van der Waals surface area contributed by atoms with Crippen LogP contribution in [0.3, 0.4) is 0 Å². The Balaban J connectivity index is 1.87. The molecule has 26 heavy (non-hydrogen) atoms. The van der Waals surface area contributed by atoms with E-state index < -0.39 is 0 Å². The molecule has 5 nitrogen and oxygen atoms in total. The number of benzene rings is 2. The quantitative estimate of drug-likeness (QED) is 0.681. The highest BCUT2D eigenvalue weighted by atomic mass is 16.5. The molecule has 1 amide bonds. The molecule has 0 fully saturated rings. The maximum Gasteiger partial charge on any atom is 0.251 e. The van der Waals surface area contributed by atoms with E-state index in [0.29, 0.717) is 12.1 Å². The number of nitrogens with one attached hydrogen (secondary N) is 1. The molecule has 0 aliphatic rings. The molecule has 3 rings (SSSR count). The van der Waals surface area contributed by atoms with Crippen LogP contribution in [0.4, 0.5) is 0 Å². The molecule has 0 aliphatic heterocycles.